The number of ether oxygens (including phenoxy) is 1. The molecule has 2 unspecified atom stereocenters. The Balaban J connectivity index is 3.05. The highest BCUT2D eigenvalue weighted by Gasteiger charge is 2.35. The molecule has 0 spiro atoms. The normalized spacial score (nSPS) is 32.1. The van der Waals surface area contributed by atoms with Crippen LogP contribution in [-0.4, -0.2) is 22.3 Å². The van der Waals surface area contributed by atoms with Gasteiger partial charge < -0.3 is 9.84 Å². The van der Waals surface area contributed by atoms with Crippen molar-refractivity contribution in [1.82, 2.24) is 0 Å². The molecule has 0 heterocycles. The number of hydrogen-bond donors (Lipinski definition) is 1. The minimum absolute atomic E-state index is 0.157. The topological polar surface area (TPSA) is 46.5 Å². The fraction of sp³-hybridized carbons (Fsp3) is 0.632. The summed E-state index contributed by atoms with van der Waals surface area (Å²) in [6, 6.07) is 0. The first-order valence-corrected chi connectivity index (χ1v) is 7.78. The van der Waals surface area contributed by atoms with Crippen LogP contribution in [0, 0.1) is 10.8 Å². The van der Waals surface area contributed by atoms with Crippen molar-refractivity contribution in [3.63, 3.8) is 0 Å². The zero-order chi connectivity index (χ0) is 17.2. The van der Waals surface area contributed by atoms with E-state index in [1.54, 1.807) is 25.2 Å². The lowest BCUT2D eigenvalue weighted by molar-refractivity contribution is -0.142. The van der Waals surface area contributed by atoms with Crippen LogP contribution in [0.1, 0.15) is 54.9 Å². The molecule has 22 heavy (non-hydrogen) atoms. The number of carbonyl (C=O) groups is 1. The van der Waals surface area contributed by atoms with E-state index in [0.717, 1.165) is 6.42 Å². The number of carboxylic acid groups (broad SMARTS) is 1. The first kappa shape index (κ1) is 18.7. The molecule has 0 bridgehead atoms. The molecule has 1 rings (SSSR count). The number of aliphatic carboxylic acids is 1. The third kappa shape index (κ3) is 5.45. The molecule has 3 heteroatoms. The van der Waals surface area contributed by atoms with Crippen LogP contribution in [-0.2, 0) is 9.53 Å². The Bertz CT molecular complexity index is 505. The van der Waals surface area contributed by atoms with E-state index in [9.17, 15) is 9.90 Å². The summed E-state index contributed by atoms with van der Waals surface area (Å²) in [6.07, 6.45) is 11.7. The number of allylic oxidation sites excluding steroid dienone is 2. The van der Waals surface area contributed by atoms with Gasteiger partial charge in [0.05, 0.1) is 5.60 Å². The first-order valence-electron chi connectivity index (χ1n) is 7.78. The van der Waals surface area contributed by atoms with E-state index in [2.05, 4.69) is 34.6 Å². The van der Waals surface area contributed by atoms with Crippen LogP contribution in [0.4, 0.5) is 0 Å². The van der Waals surface area contributed by atoms with Crippen LogP contribution in [0.25, 0.3) is 0 Å². The zero-order valence-electron chi connectivity index (χ0n) is 14.9. The second-order valence-electron chi connectivity index (χ2n) is 8.42. The van der Waals surface area contributed by atoms with Gasteiger partial charge in [0, 0.05) is 0 Å². The first-order chi connectivity index (χ1) is 9.77. The molecule has 0 saturated carbocycles. The summed E-state index contributed by atoms with van der Waals surface area (Å²) in [6.45, 7) is 14.4. The Morgan fingerprint density at radius 1 is 1.00 bits per heavy atom. The lowest BCUT2D eigenvalue weighted by Crippen LogP contribution is -2.39. The average Bonchev–Trinajstić information content (AvgIpc) is 2.26. The van der Waals surface area contributed by atoms with Crippen molar-refractivity contribution >= 4 is 5.97 Å². The van der Waals surface area contributed by atoms with Gasteiger partial charge in [0.2, 0.25) is 0 Å². The van der Waals surface area contributed by atoms with Crippen molar-refractivity contribution in [3.05, 3.63) is 36.5 Å². The Labute approximate surface area is 134 Å². The molecule has 0 fully saturated rings. The zero-order valence-corrected chi connectivity index (χ0v) is 14.9. The quantitative estimate of drug-likeness (QED) is 0.762. The molecule has 124 valence electrons. The Morgan fingerprint density at radius 3 is 2.05 bits per heavy atom. The van der Waals surface area contributed by atoms with Crippen molar-refractivity contribution in [2.24, 2.45) is 10.8 Å². The summed E-state index contributed by atoms with van der Waals surface area (Å²) >= 11 is 0. The van der Waals surface area contributed by atoms with Gasteiger partial charge in [-0.15, -0.1) is 0 Å². The lowest BCUT2D eigenvalue weighted by atomic mass is 9.82. The second-order valence-corrected chi connectivity index (χ2v) is 8.42. The Morgan fingerprint density at radius 2 is 1.55 bits per heavy atom. The third-order valence-corrected chi connectivity index (χ3v) is 3.65. The smallest absolute Gasteiger partial charge is 0.317 e. The van der Waals surface area contributed by atoms with E-state index in [0.29, 0.717) is 0 Å². The molecule has 1 aliphatic rings. The lowest BCUT2D eigenvalue weighted by Gasteiger charge is -2.39. The maximum atomic E-state index is 11.5. The Hall–Kier alpha value is -1.35. The van der Waals surface area contributed by atoms with Crippen LogP contribution < -0.4 is 0 Å². The van der Waals surface area contributed by atoms with Crippen LogP contribution >= 0.6 is 0 Å². The Kier molecular flexibility index (Phi) is 5.13. The molecule has 0 amide bonds. The van der Waals surface area contributed by atoms with E-state index in [1.807, 2.05) is 25.2 Å². The number of rotatable bonds is 4. The predicted octanol–water partition coefficient (Wildman–Crippen LogP) is 4.75. The minimum Gasteiger partial charge on any atom is -0.480 e. The molecule has 1 aliphatic carbocycles. The van der Waals surface area contributed by atoms with Crippen molar-refractivity contribution in [2.75, 3.05) is 0 Å². The highest BCUT2D eigenvalue weighted by molar-refractivity contribution is 5.79. The molecule has 0 saturated heterocycles. The highest BCUT2D eigenvalue weighted by Crippen LogP contribution is 2.35. The van der Waals surface area contributed by atoms with Gasteiger partial charge in [-0.3, -0.25) is 4.79 Å². The fourth-order valence-corrected chi connectivity index (χ4v) is 3.07. The molecule has 0 aromatic rings. The van der Waals surface area contributed by atoms with Gasteiger partial charge >= 0.3 is 5.97 Å². The molecular weight excluding hydrogens is 276 g/mol. The summed E-state index contributed by atoms with van der Waals surface area (Å²) in [5.74, 6) is -0.869. The van der Waals surface area contributed by atoms with E-state index in [1.165, 1.54) is 0 Å². The van der Waals surface area contributed by atoms with Crippen LogP contribution in [0.3, 0.4) is 0 Å². The van der Waals surface area contributed by atoms with E-state index in [-0.39, 0.29) is 11.0 Å². The van der Waals surface area contributed by atoms with Crippen LogP contribution in [0.5, 0.6) is 0 Å². The third-order valence-electron chi connectivity index (χ3n) is 3.65. The average molecular weight is 306 g/mol. The summed E-state index contributed by atoms with van der Waals surface area (Å²) in [5.41, 5.74) is -1.80. The van der Waals surface area contributed by atoms with Crippen molar-refractivity contribution in [3.8, 4) is 0 Å². The SMILES string of the molecule is CC(C)(C)CC(C)(C)OC1(C)C=CC(C)(C(=O)O)/C=C\C=C/1. The number of hydrogen-bond acceptors (Lipinski definition) is 2. The monoisotopic (exact) mass is 306 g/mol. The molecule has 0 aromatic heterocycles. The van der Waals surface area contributed by atoms with Gasteiger partial charge in [0.1, 0.15) is 11.0 Å². The molecule has 3 nitrogen and oxygen atoms in total. The summed E-state index contributed by atoms with van der Waals surface area (Å²) < 4.78 is 6.35. The highest BCUT2D eigenvalue weighted by atomic mass is 16.5. The van der Waals surface area contributed by atoms with E-state index >= 15 is 0 Å². The fourth-order valence-electron chi connectivity index (χ4n) is 3.07. The van der Waals surface area contributed by atoms with E-state index < -0.39 is 17.0 Å². The van der Waals surface area contributed by atoms with Gasteiger partial charge in [0.15, 0.2) is 0 Å². The molecular formula is C19H30O3. The van der Waals surface area contributed by atoms with Gasteiger partial charge in [-0.2, -0.15) is 0 Å². The van der Waals surface area contributed by atoms with Gasteiger partial charge in [0.25, 0.3) is 0 Å². The standard InChI is InChI=1S/C19H30O3/c1-16(2,3)14-17(4,5)22-19(7)11-9-8-10-18(6,12-13-19)15(20)21/h8-13H,14H2,1-7H3,(H,20,21)/b10-8-,11-9-,13-12?. The molecule has 2 atom stereocenters. The minimum atomic E-state index is -1.01. The molecule has 0 aliphatic heterocycles. The summed E-state index contributed by atoms with van der Waals surface area (Å²) in [4.78, 5) is 11.5. The molecule has 1 N–H and O–H groups in total. The predicted molar refractivity (Wildman–Crippen MR) is 90.8 cm³/mol. The van der Waals surface area contributed by atoms with Gasteiger partial charge in [-0.25, -0.2) is 0 Å². The second kappa shape index (κ2) is 6.04. The van der Waals surface area contributed by atoms with Crippen LogP contribution in [0.2, 0.25) is 0 Å². The summed E-state index contributed by atoms with van der Waals surface area (Å²) in [5, 5.41) is 9.40. The van der Waals surface area contributed by atoms with Crippen molar-refractivity contribution in [2.45, 2.75) is 66.1 Å². The van der Waals surface area contributed by atoms with Crippen LogP contribution in [0.15, 0.2) is 36.5 Å². The molecule has 0 aromatic carbocycles. The largest absolute Gasteiger partial charge is 0.480 e. The van der Waals surface area contributed by atoms with Crippen molar-refractivity contribution < 1.29 is 14.6 Å². The van der Waals surface area contributed by atoms with Gasteiger partial charge in [-0.1, -0.05) is 51.2 Å². The van der Waals surface area contributed by atoms with Gasteiger partial charge in [-0.05, 0) is 45.6 Å². The van der Waals surface area contributed by atoms with Crippen molar-refractivity contribution in [1.29, 1.82) is 0 Å². The van der Waals surface area contributed by atoms with E-state index in [4.69, 9.17) is 4.74 Å². The maximum absolute atomic E-state index is 11.5. The molecule has 0 radical (unpaired) electrons. The summed E-state index contributed by atoms with van der Waals surface area (Å²) in [7, 11) is 0. The number of carboxylic acids is 1. The maximum Gasteiger partial charge on any atom is 0.317 e.